The van der Waals surface area contributed by atoms with Gasteiger partial charge < -0.3 is 14.2 Å². The summed E-state index contributed by atoms with van der Waals surface area (Å²) in [6.07, 6.45) is 2.92. The molecule has 0 spiro atoms. The Balaban J connectivity index is 2.26. The van der Waals surface area contributed by atoms with E-state index in [1.54, 1.807) is 18.3 Å². The van der Waals surface area contributed by atoms with Gasteiger partial charge in [-0.1, -0.05) is 0 Å². The van der Waals surface area contributed by atoms with Crippen molar-refractivity contribution in [3.8, 4) is 23.5 Å². The van der Waals surface area contributed by atoms with Gasteiger partial charge in [0.1, 0.15) is 5.69 Å². The molecule has 1 N–H and O–H groups in total. The molecule has 23 heavy (non-hydrogen) atoms. The average molecular weight is 317 g/mol. The van der Waals surface area contributed by atoms with E-state index in [0.29, 0.717) is 23.2 Å². The highest BCUT2D eigenvalue weighted by molar-refractivity contribution is 5.82. The first-order chi connectivity index (χ1) is 11.1. The Kier molecular flexibility index (Phi) is 5.40. The maximum atomic E-state index is 10.8. The lowest BCUT2D eigenvalue weighted by Gasteiger charge is -2.08. The maximum Gasteiger partial charge on any atom is 0.328 e. The van der Waals surface area contributed by atoms with Crippen LogP contribution in [0.5, 0.6) is 23.5 Å². The zero-order chi connectivity index (χ0) is 16.7. The van der Waals surface area contributed by atoms with Crippen LogP contribution >= 0.6 is 0 Å². The molecule has 0 fully saturated rings. The molecule has 120 valence electrons. The van der Waals surface area contributed by atoms with Gasteiger partial charge in [0.25, 0.3) is 0 Å². The van der Waals surface area contributed by atoms with E-state index >= 15 is 0 Å². The van der Waals surface area contributed by atoms with Crippen molar-refractivity contribution < 1.29 is 19.0 Å². The van der Waals surface area contributed by atoms with Crippen LogP contribution in [0.4, 0.5) is 0 Å². The number of methoxy groups -OCH3 is 2. The molecule has 0 atom stereocenters. The first-order valence-corrected chi connectivity index (χ1v) is 6.52. The Morgan fingerprint density at radius 3 is 2.57 bits per heavy atom. The summed E-state index contributed by atoms with van der Waals surface area (Å²) in [5.41, 5.74) is 2.68. The lowest BCUT2D eigenvalue weighted by atomic mass is 10.3. The van der Waals surface area contributed by atoms with Gasteiger partial charge in [0.05, 0.1) is 26.5 Å². The highest BCUT2D eigenvalue weighted by atomic mass is 16.5. The number of ether oxygens (including phenoxy) is 3. The summed E-state index contributed by atoms with van der Waals surface area (Å²) in [5, 5.41) is 3.75. The van der Waals surface area contributed by atoms with Gasteiger partial charge in [-0.2, -0.15) is 15.1 Å². The highest BCUT2D eigenvalue weighted by Crippen LogP contribution is 2.24. The fourth-order valence-electron chi connectivity index (χ4n) is 1.51. The molecule has 0 unspecified atom stereocenters. The zero-order valence-corrected chi connectivity index (χ0v) is 12.8. The van der Waals surface area contributed by atoms with Gasteiger partial charge in [-0.3, -0.25) is 9.78 Å². The van der Waals surface area contributed by atoms with Crippen LogP contribution in [-0.4, -0.2) is 41.3 Å². The minimum absolute atomic E-state index is 0.0309. The number of aromatic nitrogens is 3. The van der Waals surface area contributed by atoms with Crippen LogP contribution in [0.2, 0.25) is 0 Å². The van der Waals surface area contributed by atoms with E-state index in [1.165, 1.54) is 33.4 Å². The van der Waals surface area contributed by atoms with E-state index < -0.39 is 0 Å². The number of amides is 1. The summed E-state index contributed by atoms with van der Waals surface area (Å²) in [6.45, 7) is 1.35. The van der Waals surface area contributed by atoms with Crippen molar-refractivity contribution >= 4 is 12.1 Å². The van der Waals surface area contributed by atoms with Crippen molar-refractivity contribution in [1.29, 1.82) is 0 Å². The first-order valence-electron chi connectivity index (χ1n) is 6.52. The Morgan fingerprint density at radius 1 is 1.26 bits per heavy atom. The van der Waals surface area contributed by atoms with Crippen molar-refractivity contribution in [2.75, 3.05) is 14.2 Å². The molecule has 0 aliphatic rings. The summed E-state index contributed by atoms with van der Waals surface area (Å²) >= 11 is 0. The number of nitrogens with zero attached hydrogens (tertiary/aromatic N) is 4. The fourth-order valence-corrected chi connectivity index (χ4v) is 1.51. The molecular formula is C14H15N5O4. The molecule has 0 saturated carbocycles. The first kappa shape index (κ1) is 16.1. The second-order valence-corrected chi connectivity index (χ2v) is 4.15. The number of hydrogen-bond acceptors (Lipinski definition) is 8. The minimum Gasteiger partial charge on any atom is -0.481 e. The van der Waals surface area contributed by atoms with Crippen molar-refractivity contribution in [3.05, 3.63) is 30.1 Å². The third-order valence-electron chi connectivity index (χ3n) is 2.49. The number of hydrogen-bond donors (Lipinski definition) is 1. The van der Waals surface area contributed by atoms with Gasteiger partial charge in [-0.25, -0.2) is 5.43 Å². The molecular weight excluding hydrogens is 302 g/mol. The van der Waals surface area contributed by atoms with Gasteiger partial charge in [0, 0.05) is 13.1 Å². The third kappa shape index (κ3) is 4.63. The lowest BCUT2D eigenvalue weighted by Crippen LogP contribution is -2.12. The number of pyridine rings is 1. The molecule has 0 aliphatic heterocycles. The largest absolute Gasteiger partial charge is 0.481 e. The minimum atomic E-state index is -0.291. The third-order valence-corrected chi connectivity index (χ3v) is 2.49. The number of hydrazone groups is 1. The molecule has 9 nitrogen and oxygen atoms in total. The van der Waals surface area contributed by atoms with Crippen LogP contribution in [0, 0.1) is 0 Å². The fraction of sp³-hybridized carbons (Fsp3) is 0.214. The van der Waals surface area contributed by atoms with Crippen molar-refractivity contribution in [2.24, 2.45) is 5.10 Å². The Labute approximate surface area is 132 Å². The van der Waals surface area contributed by atoms with Crippen LogP contribution in [0.15, 0.2) is 29.5 Å². The number of carbonyl (C=O) groups is 1. The summed E-state index contributed by atoms with van der Waals surface area (Å²) in [6, 6.07) is 4.90. The molecule has 2 aromatic heterocycles. The predicted octanol–water partition coefficient (Wildman–Crippen LogP) is 1.15. The molecule has 0 aliphatic carbocycles. The number of rotatable bonds is 6. The highest BCUT2D eigenvalue weighted by Gasteiger charge is 2.10. The van der Waals surface area contributed by atoms with Crippen molar-refractivity contribution in [3.63, 3.8) is 0 Å². The molecule has 9 heteroatoms. The Hall–Kier alpha value is -3.23. The van der Waals surface area contributed by atoms with Crippen molar-refractivity contribution in [2.45, 2.75) is 6.92 Å². The van der Waals surface area contributed by atoms with E-state index in [0.717, 1.165) is 0 Å². The standard InChI is InChI=1S/C14H15N5O4/c1-9(20)19-16-8-10-11(5-4-6-15-10)23-14-17-12(21-2)7-13(18-14)22-3/h4-8H,1-3H3,(H,19,20)/b16-8+. The Morgan fingerprint density at radius 2 is 1.96 bits per heavy atom. The average Bonchev–Trinajstić information content (AvgIpc) is 2.55. The second kappa shape index (κ2) is 7.69. The van der Waals surface area contributed by atoms with E-state index in [4.69, 9.17) is 14.2 Å². The van der Waals surface area contributed by atoms with Crippen LogP contribution in [0.3, 0.4) is 0 Å². The molecule has 2 heterocycles. The molecule has 2 aromatic rings. The topological polar surface area (TPSA) is 108 Å². The summed E-state index contributed by atoms with van der Waals surface area (Å²) < 4.78 is 15.7. The van der Waals surface area contributed by atoms with Gasteiger partial charge >= 0.3 is 6.01 Å². The van der Waals surface area contributed by atoms with Crippen molar-refractivity contribution in [1.82, 2.24) is 20.4 Å². The molecule has 0 bridgehead atoms. The molecule has 0 aromatic carbocycles. The van der Waals surface area contributed by atoms with Gasteiger partial charge in [0.2, 0.25) is 17.7 Å². The van der Waals surface area contributed by atoms with Gasteiger partial charge in [-0.05, 0) is 12.1 Å². The van der Waals surface area contributed by atoms with E-state index in [-0.39, 0.29) is 11.9 Å². The maximum absolute atomic E-state index is 10.8. The SMILES string of the molecule is COc1cc(OC)nc(Oc2cccnc2/C=N/NC(C)=O)n1. The quantitative estimate of drug-likeness (QED) is 0.629. The van der Waals surface area contributed by atoms with Crippen LogP contribution in [0.1, 0.15) is 12.6 Å². The van der Waals surface area contributed by atoms with E-state index in [9.17, 15) is 4.79 Å². The normalized spacial score (nSPS) is 10.4. The van der Waals surface area contributed by atoms with Crippen LogP contribution < -0.4 is 19.6 Å². The van der Waals surface area contributed by atoms with Gasteiger partial charge in [0.15, 0.2) is 5.75 Å². The summed E-state index contributed by atoms with van der Waals surface area (Å²) in [4.78, 5) is 23.1. The number of carbonyl (C=O) groups excluding carboxylic acids is 1. The second-order valence-electron chi connectivity index (χ2n) is 4.15. The molecule has 0 radical (unpaired) electrons. The van der Waals surface area contributed by atoms with Gasteiger partial charge in [-0.15, -0.1) is 0 Å². The number of nitrogens with one attached hydrogen (secondary N) is 1. The molecule has 1 amide bonds. The van der Waals surface area contributed by atoms with E-state index in [1.807, 2.05) is 0 Å². The summed E-state index contributed by atoms with van der Waals surface area (Å²) in [5.74, 6) is 0.658. The summed E-state index contributed by atoms with van der Waals surface area (Å²) in [7, 11) is 2.95. The zero-order valence-electron chi connectivity index (χ0n) is 12.8. The van der Waals surface area contributed by atoms with Crippen LogP contribution in [0.25, 0.3) is 0 Å². The predicted molar refractivity (Wildman–Crippen MR) is 80.9 cm³/mol. The smallest absolute Gasteiger partial charge is 0.328 e. The monoisotopic (exact) mass is 317 g/mol. The molecule has 0 saturated heterocycles. The molecule has 2 rings (SSSR count). The lowest BCUT2D eigenvalue weighted by molar-refractivity contribution is -0.118. The van der Waals surface area contributed by atoms with E-state index in [2.05, 4.69) is 25.5 Å². The Bertz CT molecular complexity index is 698. The van der Waals surface area contributed by atoms with Crippen LogP contribution in [-0.2, 0) is 4.79 Å².